The van der Waals surface area contributed by atoms with E-state index in [1.54, 1.807) is 0 Å². The van der Waals surface area contributed by atoms with Crippen LogP contribution in [0.3, 0.4) is 0 Å². The zero-order valence-electron chi connectivity index (χ0n) is 10.6. The van der Waals surface area contributed by atoms with Crippen LogP contribution in [0.25, 0.3) is 0 Å². The van der Waals surface area contributed by atoms with Crippen LogP contribution in [-0.4, -0.2) is 51.1 Å². The van der Waals surface area contributed by atoms with E-state index in [1.807, 2.05) is 39.9 Å². The van der Waals surface area contributed by atoms with Crippen LogP contribution in [0.2, 0.25) is 0 Å². The average Bonchev–Trinajstić information content (AvgIpc) is 1.85. The van der Waals surface area contributed by atoms with Gasteiger partial charge in [0.2, 0.25) is 0 Å². The predicted molar refractivity (Wildman–Crippen MR) is 62.3 cm³/mol. The fourth-order valence-corrected chi connectivity index (χ4v) is 0.903. The maximum atomic E-state index is 2.31. The van der Waals surface area contributed by atoms with Crippen LogP contribution in [0.5, 0.6) is 0 Å². The molecule has 1 aliphatic carbocycles. The average molecular weight is 188 g/mol. The molecule has 0 radical (unpaired) electrons. The molecule has 0 aromatic carbocycles. The summed E-state index contributed by atoms with van der Waals surface area (Å²) in [5.41, 5.74) is 0. The summed E-state index contributed by atoms with van der Waals surface area (Å²) in [5, 5.41) is 0. The molecular formula is C11H28N2. The first-order valence-corrected chi connectivity index (χ1v) is 5.31. The summed E-state index contributed by atoms with van der Waals surface area (Å²) in [6.07, 6.45) is 4.29. The minimum absolute atomic E-state index is 0.917. The number of nitrogens with zero attached hydrogens (tertiary/aromatic N) is 2. The maximum absolute atomic E-state index is 2.31. The highest BCUT2D eigenvalue weighted by Crippen LogP contribution is 2.21. The monoisotopic (exact) mass is 188 g/mol. The normalized spacial score (nSPS) is 15.5. The molecule has 1 aliphatic rings. The Morgan fingerprint density at radius 1 is 0.846 bits per heavy atom. The van der Waals surface area contributed by atoms with Gasteiger partial charge in [0.05, 0.1) is 0 Å². The zero-order valence-corrected chi connectivity index (χ0v) is 10.6. The van der Waals surface area contributed by atoms with Gasteiger partial charge in [-0.15, -0.1) is 0 Å². The molecule has 0 spiro atoms. The van der Waals surface area contributed by atoms with Crippen molar-refractivity contribution in [3.8, 4) is 0 Å². The minimum Gasteiger partial charge on any atom is -0.312 e. The van der Waals surface area contributed by atoms with Gasteiger partial charge in [-0.2, -0.15) is 0 Å². The van der Waals surface area contributed by atoms with Crippen molar-refractivity contribution in [1.29, 1.82) is 0 Å². The van der Waals surface area contributed by atoms with Gasteiger partial charge >= 0.3 is 0 Å². The van der Waals surface area contributed by atoms with E-state index in [0.29, 0.717) is 0 Å². The van der Waals surface area contributed by atoms with Gasteiger partial charge in [0.15, 0.2) is 0 Å². The topological polar surface area (TPSA) is 6.48 Å². The Morgan fingerprint density at radius 3 is 1.15 bits per heavy atom. The molecule has 0 atom stereocenters. The molecule has 1 saturated carbocycles. The van der Waals surface area contributed by atoms with Gasteiger partial charge in [-0.1, -0.05) is 20.3 Å². The molecule has 0 amide bonds. The summed E-state index contributed by atoms with van der Waals surface area (Å²) in [7, 11) is 10.3. The lowest BCUT2D eigenvalue weighted by molar-refractivity contribution is 0.193. The van der Waals surface area contributed by atoms with Gasteiger partial charge < -0.3 is 9.80 Å². The Balaban J connectivity index is 0. The second kappa shape index (κ2) is 10.0. The lowest BCUT2D eigenvalue weighted by Gasteiger charge is -2.31. The first-order chi connectivity index (χ1) is 6.04. The largest absolute Gasteiger partial charge is 0.312 e. The van der Waals surface area contributed by atoms with Crippen LogP contribution in [0.4, 0.5) is 0 Å². The van der Waals surface area contributed by atoms with Gasteiger partial charge in [0.1, 0.15) is 0 Å². The van der Waals surface area contributed by atoms with E-state index >= 15 is 0 Å². The molecule has 0 aliphatic heterocycles. The molecule has 0 N–H and O–H groups in total. The van der Waals surface area contributed by atoms with Gasteiger partial charge in [-0.25, -0.2) is 0 Å². The molecule has 0 aromatic rings. The van der Waals surface area contributed by atoms with Crippen LogP contribution in [-0.2, 0) is 0 Å². The third kappa shape index (κ3) is 11.9. The van der Waals surface area contributed by atoms with Crippen molar-refractivity contribution in [2.45, 2.75) is 39.2 Å². The van der Waals surface area contributed by atoms with Gasteiger partial charge in [0.25, 0.3) is 0 Å². The van der Waals surface area contributed by atoms with Crippen LogP contribution >= 0.6 is 0 Å². The molecular weight excluding hydrogens is 160 g/mol. The van der Waals surface area contributed by atoms with E-state index in [4.69, 9.17) is 0 Å². The number of hydrogen-bond donors (Lipinski definition) is 0. The van der Waals surface area contributed by atoms with Crippen LogP contribution < -0.4 is 0 Å². The molecule has 0 bridgehead atoms. The Kier molecular flexibility index (Phi) is 11.8. The van der Waals surface area contributed by atoms with Crippen molar-refractivity contribution < 1.29 is 0 Å². The predicted octanol–water partition coefficient (Wildman–Crippen LogP) is 2.30. The molecule has 82 valence electrons. The second-order valence-electron chi connectivity index (χ2n) is 3.89. The Labute approximate surface area is 84.9 Å². The molecule has 2 heteroatoms. The molecule has 0 unspecified atom stereocenters. The van der Waals surface area contributed by atoms with Gasteiger partial charge in [-0.05, 0) is 48.1 Å². The van der Waals surface area contributed by atoms with Crippen molar-refractivity contribution in [3.05, 3.63) is 0 Å². The molecule has 0 saturated heterocycles. The fourth-order valence-electron chi connectivity index (χ4n) is 0.903. The zero-order chi connectivity index (χ0) is 10.9. The lowest BCUT2D eigenvalue weighted by Crippen LogP contribution is -2.33. The van der Waals surface area contributed by atoms with E-state index in [2.05, 4.69) is 19.0 Å². The third-order valence-electron chi connectivity index (χ3n) is 1.80. The maximum Gasteiger partial charge on any atom is 0.00891 e. The fraction of sp³-hybridized carbons (Fsp3) is 1.00. The van der Waals surface area contributed by atoms with E-state index < -0.39 is 0 Å². The SMILES string of the molecule is CC.CN(C)C.CN(C)C1CCC1. The highest BCUT2D eigenvalue weighted by atomic mass is 15.1. The van der Waals surface area contributed by atoms with Crippen molar-refractivity contribution in [1.82, 2.24) is 9.80 Å². The van der Waals surface area contributed by atoms with Gasteiger partial charge in [0, 0.05) is 6.04 Å². The van der Waals surface area contributed by atoms with Crippen LogP contribution in [0.15, 0.2) is 0 Å². The van der Waals surface area contributed by atoms with Crippen molar-refractivity contribution in [2.75, 3.05) is 35.2 Å². The Hall–Kier alpha value is -0.0800. The lowest BCUT2D eigenvalue weighted by atomic mass is 9.92. The summed E-state index contributed by atoms with van der Waals surface area (Å²) >= 11 is 0. The number of rotatable bonds is 1. The summed E-state index contributed by atoms with van der Waals surface area (Å²) < 4.78 is 0. The van der Waals surface area contributed by atoms with Crippen LogP contribution in [0, 0.1) is 0 Å². The molecule has 2 nitrogen and oxygen atoms in total. The van der Waals surface area contributed by atoms with E-state index in [-0.39, 0.29) is 0 Å². The Morgan fingerprint density at radius 2 is 1.15 bits per heavy atom. The summed E-state index contributed by atoms with van der Waals surface area (Å²) in [6, 6.07) is 0.917. The van der Waals surface area contributed by atoms with E-state index in [9.17, 15) is 0 Å². The summed E-state index contributed by atoms with van der Waals surface area (Å²) in [4.78, 5) is 4.31. The molecule has 0 heterocycles. The van der Waals surface area contributed by atoms with E-state index in [0.717, 1.165) is 6.04 Å². The van der Waals surface area contributed by atoms with Crippen LogP contribution in [0.1, 0.15) is 33.1 Å². The first kappa shape index (κ1) is 15.4. The molecule has 13 heavy (non-hydrogen) atoms. The van der Waals surface area contributed by atoms with Crippen molar-refractivity contribution in [3.63, 3.8) is 0 Å². The number of hydrogen-bond acceptors (Lipinski definition) is 2. The van der Waals surface area contributed by atoms with Crippen molar-refractivity contribution in [2.24, 2.45) is 0 Å². The van der Waals surface area contributed by atoms with E-state index in [1.165, 1.54) is 19.3 Å². The first-order valence-electron chi connectivity index (χ1n) is 5.31. The second-order valence-corrected chi connectivity index (χ2v) is 3.89. The molecule has 1 rings (SSSR count). The minimum atomic E-state index is 0.917. The smallest absolute Gasteiger partial charge is 0.00891 e. The molecule has 1 fully saturated rings. The highest BCUT2D eigenvalue weighted by Gasteiger charge is 2.18. The summed E-state index contributed by atoms with van der Waals surface area (Å²) in [6.45, 7) is 4.00. The Bertz CT molecular complexity index is 83.3. The van der Waals surface area contributed by atoms with Gasteiger partial charge in [-0.3, -0.25) is 0 Å². The summed E-state index contributed by atoms with van der Waals surface area (Å²) in [5.74, 6) is 0. The highest BCUT2D eigenvalue weighted by molar-refractivity contribution is 4.75. The molecule has 0 aromatic heterocycles. The standard InChI is InChI=1S/C6H13N.C3H9N.C2H6/c1-7(2)6-4-3-5-6;1-4(2)3;1-2/h6H,3-5H2,1-2H3;1-3H3;1-2H3. The third-order valence-corrected chi connectivity index (χ3v) is 1.80. The quantitative estimate of drug-likeness (QED) is 0.623. The van der Waals surface area contributed by atoms with Crippen molar-refractivity contribution >= 4 is 0 Å².